The Morgan fingerprint density at radius 3 is 2.90 bits per heavy atom. The van der Waals surface area contributed by atoms with E-state index in [1.165, 1.54) is 6.07 Å². The third-order valence-electron chi connectivity index (χ3n) is 6.32. The fourth-order valence-electron chi connectivity index (χ4n) is 4.67. The van der Waals surface area contributed by atoms with Gasteiger partial charge in [0.1, 0.15) is 0 Å². The van der Waals surface area contributed by atoms with Crippen molar-refractivity contribution in [3.8, 4) is 11.1 Å². The lowest BCUT2D eigenvalue weighted by atomic mass is 10.1. The zero-order chi connectivity index (χ0) is 20.6. The zero-order valence-corrected chi connectivity index (χ0v) is 16.3. The third kappa shape index (κ3) is 2.17. The van der Waals surface area contributed by atoms with Gasteiger partial charge in [-0.05, 0) is 25.1 Å². The van der Waals surface area contributed by atoms with Crippen LogP contribution in [-0.2, 0) is 11.8 Å². The van der Waals surface area contributed by atoms with Crippen LogP contribution < -0.4 is 0 Å². The molecule has 30 heavy (non-hydrogen) atoms. The topological polar surface area (TPSA) is 80.7 Å². The summed E-state index contributed by atoms with van der Waals surface area (Å²) in [4.78, 5) is 19.4. The molecule has 3 aromatic heterocycles. The first kappa shape index (κ1) is 17.3. The van der Waals surface area contributed by atoms with E-state index in [2.05, 4.69) is 20.3 Å². The number of hydrogen-bond acceptors (Lipinski definition) is 5. The molecule has 0 radical (unpaired) electrons. The number of halogens is 1. The molecule has 1 aliphatic carbocycles. The van der Waals surface area contributed by atoms with Crippen LogP contribution in [0.1, 0.15) is 18.8 Å². The number of aromatic nitrogens is 5. The van der Waals surface area contributed by atoms with Gasteiger partial charge in [0.15, 0.2) is 17.3 Å². The number of allylic oxidation sites excluding steroid dienone is 1. The van der Waals surface area contributed by atoms with Crippen LogP contribution in [0.5, 0.6) is 0 Å². The second-order valence-corrected chi connectivity index (χ2v) is 8.02. The second kappa shape index (κ2) is 5.71. The predicted octanol–water partition coefficient (Wildman–Crippen LogP) is 2.31. The summed E-state index contributed by atoms with van der Waals surface area (Å²) in [7, 11) is 1.81. The molecule has 3 aromatic rings. The first-order valence-electron chi connectivity index (χ1n) is 9.76. The molecule has 9 heteroatoms. The van der Waals surface area contributed by atoms with Gasteiger partial charge < -0.3 is 4.90 Å². The summed E-state index contributed by atoms with van der Waals surface area (Å²) < 4.78 is 18.0. The molecule has 0 aromatic carbocycles. The van der Waals surface area contributed by atoms with E-state index in [9.17, 15) is 9.18 Å². The van der Waals surface area contributed by atoms with Crippen molar-refractivity contribution < 1.29 is 9.18 Å². The van der Waals surface area contributed by atoms with Gasteiger partial charge >= 0.3 is 0 Å². The molecule has 2 aliphatic heterocycles. The van der Waals surface area contributed by atoms with E-state index in [0.29, 0.717) is 11.4 Å². The summed E-state index contributed by atoms with van der Waals surface area (Å²) in [6, 6.07) is 1.00. The minimum atomic E-state index is -0.477. The Hall–Kier alpha value is -3.62. The van der Waals surface area contributed by atoms with Crippen molar-refractivity contribution in [2.75, 3.05) is 0 Å². The molecule has 0 saturated heterocycles. The van der Waals surface area contributed by atoms with E-state index in [-0.39, 0.29) is 23.4 Å². The van der Waals surface area contributed by atoms with Gasteiger partial charge in [-0.1, -0.05) is 6.08 Å². The van der Waals surface area contributed by atoms with Crippen LogP contribution in [0.2, 0.25) is 0 Å². The monoisotopic (exact) mass is 403 g/mol. The minimum Gasteiger partial charge on any atom is -0.309 e. The van der Waals surface area contributed by atoms with Crippen molar-refractivity contribution >= 4 is 17.8 Å². The fourth-order valence-corrected chi connectivity index (χ4v) is 4.67. The van der Waals surface area contributed by atoms with Crippen molar-refractivity contribution in [1.29, 1.82) is 0 Å². The minimum absolute atomic E-state index is 0.000615. The number of fused-ring (bicyclic) bond motifs is 2. The number of rotatable bonds is 3. The van der Waals surface area contributed by atoms with Crippen LogP contribution in [0.15, 0.2) is 54.1 Å². The average Bonchev–Trinajstić information content (AvgIpc) is 2.97. The van der Waals surface area contributed by atoms with Gasteiger partial charge in [-0.3, -0.25) is 18.9 Å². The molecule has 4 atom stereocenters. The summed E-state index contributed by atoms with van der Waals surface area (Å²) in [5.74, 6) is -0.0740. The van der Waals surface area contributed by atoms with Gasteiger partial charge in [0, 0.05) is 48.9 Å². The smallest absolute Gasteiger partial charge is 0.233 e. The molecule has 1 fully saturated rings. The summed E-state index contributed by atoms with van der Waals surface area (Å²) in [6.07, 6.45) is 14.7. The Morgan fingerprint density at radius 2 is 2.10 bits per heavy atom. The van der Waals surface area contributed by atoms with Gasteiger partial charge in [-0.25, -0.2) is 4.39 Å². The summed E-state index contributed by atoms with van der Waals surface area (Å²) in [5.41, 5.74) is 1.15. The fraction of sp³-hybridized carbons (Fsp3) is 0.286. The number of nitrogens with zero attached hydrogens (tertiary/aromatic N) is 7. The third-order valence-corrected chi connectivity index (χ3v) is 6.32. The summed E-state index contributed by atoms with van der Waals surface area (Å²) in [6.45, 7) is 1.87. The number of amides is 1. The summed E-state index contributed by atoms with van der Waals surface area (Å²) >= 11 is 0. The van der Waals surface area contributed by atoms with Crippen molar-refractivity contribution in [1.82, 2.24) is 29.3 Å². The zero-order valence-electron chi connectivity index (χ0n) is 16.3. The van der Waals surface area contributed by atoms with Gasteiger partial charge in [0.2, 0.25) is 5.91 Å². The summed E-state index contributed by atoms with van der Waals surface area (Å²) in [5, 5.41) is 12.4. The van der Waals surface area contributed by atoms with E-state index < -0.39 is 17.4 Å². The van der Waals surface area contributed by atoms with Crippen LogP contribution in [0.4, 0.5) is 4.39 Å². The molecular weight excluding hydrogens is 385 g/mol. The molecule has 150 valence electrons. The average molecular weight is 403 g/mol. The lowest BCUT2D eigenvalue weighted by Crippen LogP contribution is -2.36. The molecule has 5 heterocycles. The van der Waals surface area contributed by atoms with Crippen LogP contribution in [-0.4, -0.2) is 46.9 Å². The maximum Gasteiger partial charge on any atom is 0.233 e. The molecule has 1 saturated carbocycles. The first-order chi connectivity index (χ1) is 14.5. The number of pyridine rings is 1. The van der Waals surface area contributed by atoms with Gasteiger partial charge in [-0.2, -0.15) is 5.10 Å². The SMILES string of the molecule is C[C@H](c1nnc2c(F)cc(-c3cnn(C)c3)cn12)N1C=CC23N=CC=CC2C3C1=O. The number of aliphatic imine (C=N–C) groups is 1. The molecular formula is C21H18FN7O. The number of hydrogen-bond donors (Lipinski definition) is 0. The number of carbonyl (C=O) groups excluding carboxylic acids is 1. The second-order valence-electron chi connectivity index (χ2n) is 8.02. The van der Waals surface area contributed by atoms with Crippen LogP contribution >= 0.6 is 0 Å². The Balaban J connectivity index is 1.40. The first-order valence-corrected chi connectivity index (χ1v) is 9.76. The maximum atomic E-state index is 14.7. The van der Waals surface area contributed by atoms with E-state index in [0.717, 1.165) is 5.56 Å². The normalized spacial score (nSPS) is 27.4. The highest BCUT2D eigenvalue weighted by atomic mass is 19.1. The van der Waals surface area contributed by atoms with Gasteiger partial charge in [0.05, 0.1) is 23.7 Å². The molecule has 1 amide bonds. The molecule has 3 aliphatic rings. The highest BCUT2D eigenvalue weighted by molar-refractivity contribution is 5.91. The Labute approximate surface area is 171 Å². The highest BCUT2D eigenvalue weighted by Crippen LogP contribution is 2.59. The highest BCUT2D eigenvalue weighted by Gasteiger charge is 2.69. The van der Waals surface area contributed by atoms with E-state index in [1.807, 2.05) is 31.3 Å². The molecule has 3 unspecified atom stereocenters. The predicted molar refractivity (Wildman–Crippen MR) is 107 cm³/mol. The van der Waals surface area contributed by atoms with Gasteiger partial charge in [0.25, 0.3) is 0 Å². The van der Waals surface area contributed by atoms with E-state index in [4.69, 9.17) is 0 Å². The van der Waals surface area contributed by atoms with E-state index >= 15 is 0 Å². The molecule has 0 bridgehead atoms. The van der Waals surface area contributed by atoms with Crippen molar-refractivity contribution in [3.05, 3.63) is 60.7 Å². The van der Waals surface area contributed by atoms with Crippen LogP contribution in [0.25, 0.3) is 16.8 Å². The maximum absolute atomic E-state index is 14.7. The molecule has 0 N–H and O–H groups in total. The number of carbonyl (C=O) groups is 1. The largest absolute Gasteiger partial charge is 0.309 e. The Bertz CT molecular complexity index is 1300. The van der Waals surface area contributed by atoms with Crippen LogP contribution in [0, 0.1) is 17.7 Å². The molecule has 6 rings (SSSR count). The van der Waals surface area contributed by atoms with Gasteiger partial charge in [-0.15, -0.1) is 10.2 Å². The van der Waals surface area contributed by atoms with E-state index in [1.54, 1.807) is 45.8 Å². The lowest BCUT2D eigenvalue weighted by molar-refractivity contribution is -0.132. The van der Waals surface area contributed by atoms with Crippen molar-refractivity contribution in [3.63, 3.8) is 0 Å². The van der Waals surface area contributed by atoms with Crippen molar-refractivity contribution in [2.24, 2.45) is 23.9 Å². The standard InChI is InChI=1S/C21H18FN7O/c1-12(28-7-5-21-15(4-3-6-23-21)17(21)20(28)30)18-25-26-19-16(22)8-13(11-29(18)19)14-9-24-27(2)10-14/h3-12,15,17H,1-2H3/t12-,15?,17?,21?/m1/s1. The van der Waals surface area contributed by atoms with Crippen LogP contribution in [0.3, 0.4) is 0 Å². The Morgan fingerprint density at radius 1 is 1.23 bits per heavy atom. The van der Waals surface area contributed by atoms with Crippen molar-refractivity contribution in [2.45, 2.75) is 18.5 Å². The lowest BCUT2D eigenvalue weighted by Gasteiger charge is -2.28. The number of dihydropyridines is 1. The molecule has 8 nitrogen and oxygen atoms in total. The quantitative estimate of drug-likeness (QED) is 0.672. The molecule has 1 spiro atoms. The number of aryl methyl sites for hydroxylation is 1. The Kier molecular flexibility index (Phi) is 3.29.